The number of hydrogen-bond acceptors (Lipinski definition) is 3. The molecular formula is C17H28O3Si. The molecule has 0 amide bonds. The topological polar surface area (TPSA) is 35.5 Å². The second-order valence-corrected chi connectivity index (χ2v) is 11.7. The van der Waals surface area contributed by atoms with Crippen LogP contribution in [0.5, 0.6) is 0 Å². The van der Waals surface area contributed by atoms with E-state index >= 15 is 0 Å². The maximum Gasteiger partial charge on any atom is 0.192 e. The maximum absolute atomic E-state index is 10.8. The lowest BCUT2D eigenvalue weighted by atomic mass is 10.2. The van der Waals surface area contributed by atoms with Crippen LogP contribution in [0, 0.1) is 0 Å². The first kappa shape index (κ1) is 18.1. The Morgan fingerprint density at radius 1 is 1.19 bits per heavy atom. The van der Waals surface area contributed by atoms with E-state index in [-0.39, 0.29) is 11.1 Å². The molecule has 0 unspecified atom stereocenters. The summed E-state index contributed by atoms with van der Waals surface area (Å²) in [5.74, 6) is 0. The molecule has 1 rings (SSSR count). The Kier molecular flexibility index (Phi) is 6.78. The monoisotopic (exact) mass is 308 g/mol. The van der Waals surface area contributed by atoms with E-state index in [2.05, 4.69) is 33.9 Å². The number of hydrogen-bond donors (Lipinski definition) is 0. The van der Waals surface area contributed by atoms with Crippen LogP contribution in [0.2, 0.25) is 18.1 Å². The molecule has 0 aliphatic carbocycles. The predicted octanol–water partition coefficient (Wildman–Crippen LogP) is 4.18. The lowest BCUT2D eigenvalue weighted by molar-refractivity contribution is -0.111. The predicted molar refractivity (Wildman–Crippen MR) is 88.8 cm³/mol. The molecule has 0 saturated carbocycles. The van der Waals surface area contributed by atoms with E-state index in [9.17, 15) is 4.79 Å². The van der Waals surface area contributed by atoms with Gasteiger partial charge in [-0.25, -0.2) is 0 Å². The highest BCUT2D eigenvalue weighted by atomic mass is 28.4. The molecular weight excluding hydrogens is 280 g/mol. The minimum atomic E-state index is -1.80. The van der Waals surface area contributed by atoms with Crippen molar-refractivity contribution in [1.82, 2.24) is 0 Å². The summed E-state index contributed by atoms with van der Waals surface area (Å²) in [6.45, 7) is 12.0. The quantitative estimate of drug-likeness (QED) is 0.534. The van der Waals surface area contributed by atoms with Crippen molar-refractivity contribution >= 4 is 14.6 Å². The normalized spacial score (nSPS) is 14.0. The van der Waals surface area contributed by atoms with Gasteiger partial charge in [-0.1, -0.05) is 51.1 Å². The van der Waals surface area contributed by atoms with E-state index in [0.717, 1.165) is 11.8 Å². The second-order valence-electron chi connectivity index (χ2n) is 6.89. The molecule has 0 N–H and O–H groups in total. The lowest BCUT2D eigenvalue weighted by Gasteiger charge is -2.37. The first-order valence-electron chi connectivity index (χ1n) is 7.49. The van der Waals surface area contributed by atoms with Crippen LogP contribution in [-0.4, -0.2) is 27.3 Å². The van der Waals surface area contributed by atoms with Gasteiger partial charge in [-0.2, -0.15) is 0 Å². The molecule has 0 radical (unpaired) electrons. The van der Waals surface area contributed by atoms with Crippen LogP contribution in [0.3, 0.4) is 0 Å². The highest BCUT2D eigenvalue weighted by molar-refractivity contribution is 6.74. The third-order valence-corrected chi connectivity index (χ3v) is 8.62. The standard InChI is InChI=1S/C17H28O3Si/c1-17(2,3)21(4,5)20-14-16(11-12-18)19-13-15-9-7-6-8-10-15/h6-10,12,16H,11,13-14H2,1-5H3/t16-/m1/s1. The molecule has 0 spiro atoms. The fourth-order valence-corrected chi connectivity index (χ4v) is 2.63. The molecule has 1 aromatic carbocycles. The Labute approximate surface area is 129 Å². The van der Waals surface area contributed by atoms with Crippen molar-refractivity contribution in [1.29, 1.82) is 0 Å². The number of ether oxygens (including phenoxy) is 1. The number of rotatable bonds is 8. The molecule has 0 fully saturated rings. The summed E-state index contributed by atoms with van der Waals surface area (Å²) in [4.78, 5) is 10.8. The van der Waals surface area contributed by atoms with Crippen LogP contribution >= 0.6 is 0 Å². The summed E-state index contributed by atoms with van der Waals surface area (Å²) in [6.07, 6.45) is 1.11. The summed E-state index contributed by atoms with van der Waals surface area (Å²) in [6, 6.07) is 9.99. The third-order valence-electron chi connectivity index (χ3n) is 4.12. The van der Waals surface area contributed by atoms with Crippen LogP contribution in [0.25, 0.3) is 0 Å². The summed E-state index contributed by atoms with van der Waals surface area (Å²) < 4.78 is 12.0. The van der Waals surface area contributed by atoms with Gasteiger partial charge >= 0.3 is 0 Å². The first-order valence-corrected chi connectivity index (χ1v) is 10.4. The molecule has 21 heavy (non-hydrogen) atoms. The molecule has 0 heterocycles. The Bertz CT molecular complexity index is 423. The fraction of sp³-hybridized carbons (Fsp3) is 0.588. The largest absolute Gasteiger partial charge is 0.414 e. The molecule has 4 heteroatoms. The highest BCUT2D eigenvalue weighted by Gasteiger charge is 2.37. The average Bonchev–Trinajstić information content (AvgIpc) is 2.42. The summed E-state index contributed by atoms with van der Waals surface area (Å²) in [7, 11) is -1.80. The number of carbonyl (C=O) groups is 1. The zero-order valence-corrected chi connectivity index (χ0v) is 14.9. The SMILES string of the molecule is CC(C)(C)[Si](C)(C)OC[C@@H](CC=O)OCc1ccccc1. The van der Waals surface area contributed by atoms with Gasteiger partial charge in [0, 0.05) is 6.42 Å². The van der Waals surface area contributed by atoms with Crippen molar-refractivity contribution in [3.63, 3.8) is 0 Å². The van der Waals surface area contributed by atoms with Crippen molar-refractivity contribution in [3.05, 3.63) is 35.9 Å². The van der Waals surface area contributed by atoms with Crippen LogP contribution < -0.4 is 0 Å². The zero-order chi connectivity index (χ0) is 15.9. The zero-order valence-electron chi connectivity index (χ0n) is 13.9. The van der Waals surface area contributed by atoms with Crippen molar-refractivity contribution in [2.24, 2.45) is 0 Å². The molecule has 0 aromatic heterocycles. The summed E-state index contributed by atoms with van der Waals surface area (Å²) >= 11 is 0. The second kappa shape index (κ2) is 7.87. The number of benzene rings is 1. The first-order chi connectivity index (χ1) is 9.76. The van der Waals surface area contributed by atoms with Crippen LogP contribution in [0.4, 0.5) is 0 Å². The Hall–Kier alpha value is -0.973. The van der Waals surface area contributed by atoms with Crippen LogP contribution in [0.15, 0.2) is 30.3 Å². The summed E-state index contributed by atoms with van der Waals surface area (Å²) in [5, 5.41) is 0.165. The van der Waals surface area contributed by atoms with E-state index in [1.807, 2.05) is 30.3 Å². The van der Waals surface area contributed by atoms with E-state index < -0.39 is 8.32 Å². The average molecular weight is 308 g/mol. The molecule has 1 atom stereocenters. The third kappa shape index (κ3) is 6.12. The minimum Gasteiger partial charge on any atom is -0.414 e. The van der Waals surface area contributed by atoms with Crippen molar-refractivity contribution < 1.29 is 14.0 Å². The smallest absolute Gasteiger partial charge is 0.192 e. The number of carbonyl (C=O) groups excluding carboxylic acids is 1. The molecule has 0 aliphatic heterocycles. The summed E-state index contributed by atoms with van der Waals surface area (Å²) in [5.41, 5.74) is 1.11. The Balaban J connectivity index is 2.52. The van der Waals surface area contributed by atoms with Gasteiger partial charge < -0.3 is 14.0 Å². The van der Waals surface area contributed by atoms with Gasteiger partial charge in [-0.3, -0.25) is 0 Å². The van der Waals surface area contributed by atoms with Gasteiger partial charge in [0.25, 0.3) is 0 Å². The van der Waals surface area contributed by atoms with E-state index in [0.29, 0.717) is 19.6 Å². The molecule has 0 bridgehead atoms. The van der Waals surface area contributed by atoms with Gasteiger partial charge in [0.1, 0.15) is 6.29 Å². The van der Waals surface area contributed by atoms with Crippen molar-refractivity contribution in [2.45, 2.75) is 58.0 Å². The van der Waals surface area contributed by atoms with Crippen LogP contribution in [-0.2, 0) is 20.6 Å². The van der Waals surface area contributed by atoms with E-state index in [1.54, 1.807) is 0 Å². The number of aldehydes is 1. The molecule has 118 valence electrons. The molecule has 1 aromatic rings. The maximum atomic E-state index is 10.8. The molecule has 0 aliphatic rings. The van der Waals surface area contributed by atoms with E-state index in [1.165, 1.54) is 0 Å². The van der Waals surface area contributed by atoms with Gasteiger partial charge in [-0.05, 0) is 23.7 Å². The molecule has 0 saturated heterocycles. The Morgan fingerprint density at radius 2 is 1.81 bits per heavy atom. The fourth-order valence-electron chi connectivity index (χ4n) is 1.60. The van der Waals surface area contributed by atoms with Crippen molar-refractivity contribution in [3.8, 4) is 0 Å². The van der Waals surface area contributed by atoms with E-state index in [4.69, 9.17) is 9.16 Å². The van der Waals surface area contributed by atoms with Crippen molar-refractivity contribution in [2.75, 3.05) is 6.61 Å². The van der Waals surface area contributed by atoms with Gasteiger partial charge in [0.2, 0.25) is 0 Å². The van der Waals surface area contributed by atoms with Gasteiger partial charge in [0.15, 0.2) is 8.32 Å². The van der Waals surface area contributed by atoms with Gasteiger partial charge in [0.05, 0.1) is 19.3 Å². The highest BCUT2D eigenvalue weighted by Crippen LogP contribution is 2.36. The molecule has 3 nitrogen and oxygen atoms in total. The Morgan fingerprint density at radius 3 is 2.33 bits per heavy atom. The van der Waals surface area contributed by atoms with Gasteiger partial charge in [-0.15, -0.1) is 0 Å². The lowest BCUT2D eigenvalue weighted by Crippen LogP contribution is -2.43. The minimum absolute atomic E-state index is 0.165. The van der Waals surface area contributed by atoms with Crippen LogP contribution in [0.1, 0.15) is 32.8 Å².